The molecule has 10 atom stereocenters. The lowest BCUT2D eigenvalue weighted by Crippen LogP contribution is -2.57. The zero-order valence-corrected chi connectivity index (χ0v) is 26.3. The third-order valence-electron chi connectivity index (χ3n) is 11.1. The fraction of sp³-hybridized carbons (Fsp3) is 0.909. The van der Waals surface area contributed by atoms with Gasteiger partial charge in [0.15, 0.2) is 0 Å². The van der Waals surface area contributed by atoms with Crippen LogP contribution in [0.15, 0.2) is 0 Å². The molecule has 7 N–H and O–H groups in total. The van der Waals surface area contributed by atoms with Gasteiger partial charge >= 0.3 is 5.97 Å². The molecule has 0 spiro atoms. The average molecular weight is 591 g/mol. The minimum Gasteiger partial charge on any atom is -0.481 e. The van der Waals surface area contributed by atoms with Gasteiger partial charge in [-0.05, 0) is 122 Å². The molecule has 0 aromatic rings. The molecule has 3 fully saturated rings. The van der Waals surface area contributed by atoms with Crippen LogP contribution < -0.4 is 16.0 Å². The van der Waals surface area contributed by atoms with E-state index >= 15 is 0 Å². The number of hydrogen-bond acceptors (Lipinski definition) is 8. The van der Waals surface area contributed by atoms with Crippen LogP contribution >= 0.6 is 0 Å². The van der Waals surface area contributed by atoms with Crippen LogP contribution in [0.3, 0.4) is 0 Å². The van der Waals surface area contributed by atoms with Crippen LogP contribution in [0, 0.1) is 35.5 Å². The number of nitrogens with zero attached hydrogens (tertiary/aromatic N) is 1. The van der Waals surface area contributed by atoms with E-state index in [9.17, 15) is 25.2 Å². The van der Waals surface area contributed by atoms with Gasteiger partial charge in [-0.15, -0.1) is 5.92 Å². The maximum absolute atomic E-state index is 11.7. The van der Waals surface area contributed by atoms with E-state index in [-0.39, 0.29) is 55.1 Å². The molecule has 0 aliphatic carbocycles. The number of β-amino-alcohol motifs (C(OH)–C–C–N with tert-alkyl or cyclic N) is 1. The monoisotopic (exact) mass is 590 g/mol. The molecule has 2 bridgehead atoms. The molecule has 0 radical (unpaired) electrons. The first kappa shape index (κ1) is 33.6. The first-order valence-electron chi connectivity index (χ1n) is 16.6. The van der Waals surface area contributed by atoms with Crippen molar-refractivity contribution in [3.63, 3.8) is 0 Å². The summed E-state index contributed by atoms with van der Waals surface area (Å²) in [6, 6.07) is 1.01. The number of piperidine rings is 3. The topological polar surface area (TPSA) is 137 Å². The van der Waals surface area contributed by atoms with E-state index in [0.29, 0.717) is 30.7 Å². The van der Waals surface area contributed by atoms with Gasteiger partial charge in [-0.25, -0.2) is 0 Å². The van der Waals surface area contributed by atoms with Gasteiger partial charge in [0, 0.05) is 49.2 Å². The molecule has 3 saturated heterocycles. The lowest BCUT2D eigenvalue weighted by atomic mass is 9.73. The SMILES string of the molecule is CNC[C@H](C[C@@H]1C#CC[C@@H]2C[C@](C)(CCN2)NC[C@](O)(CC(=O)O)CC[C@H](CO)C1)[C@H]1CCN2[C@@H](CC[C@@H](O)[C@@H]2C)C1. The molecule has 0 aromatic heterocycles. The number of rotatable bonds is 8. The zero-order chi connectivity index (χ0) is 30.3. The summed E-state index contributed by atoms with van der Waals surface area (Å²) >= 11 is 0. The molecule has 0 amide bonds. The van der Waals surface area contributed by atoms with Gasteiger partial charge in [-0.1, -0.05) is 5.92 Å². The molecular formula is C33H58N4O5. The minimum atomic E-state index is -1.36. The first-order valence-corrected chi connectivity index (χ1v) is 16.6. The van der Waals surface area contributed by atoms with E-state index in [0.717, 1.165) is 77.4 Å². The number of carbonyl (C=O) groups is 1. The van der Waals surface area contributed by atoms with Crippen LogP contribution in [-0.2, 0) is 4.79 Å². The smallest absolute Gasteiger partial charge is 0.306 e. The molecule has 42 heavy (non-hydrogen) atoms. The summed E-state index contributed by atoms with van der Waals surface area (Å²) in [5.74, 6) is 7.36. The highest BCUT2D eigenvalue weighted by Crippen LogP contribution is 2.39. The average Bonchev–Trinajstić information content (AvgIpc) is 2.95. The van der Waals surface area contributed by atoms with Crippen molar-refractivity contribution in [3.8, 4) is 11.8 Å². The molecule has 4 aliphatic heterocycles. The number of aliphatic hydroxyl groups is 3. The van der Waals surface area contributed by atoms with Crippen molar-refractivity contribution in [1.29, 1.82) is 0 Å². The van der Waals surface area contributed by atoms with Gasteiger partial charge < -0.3 is 36.4 Å². The van der Waals surface area contributed by atoms with E-state index in [2.05, 4.69) is 46.5 Å². The predicted molar refractivity (Wildman–Crippen MR) is 165 cm³/mol. The zero-order valence-electron chi connectivity index (χ0n) is 26.3. The molecule has 4 aliphatic rings. The number of hydrogen-bond donors (Lipinski definition) is 7. The van der Waals surface area contributed by atoms with Crippen molar-refractivity contribution in [3.05, 3.63) is 0 Å². The normalized spacial score (nSPS) is 41.0. The van der Waals surface area contributed by atoms with E-state index in [1.807, 2.05) is 7.05 Å². The lowest BCUT2D eigenvalue weighted by molar-refractivity contribution is -0.143. The van der Waals surface area contributed by atoms with Gasteiger partial charge in [0.2, 0.25) is 0 Å². The Hall–Kier alpha value is -1.25. The minimum absolute atomic E-state index is 0.00796. The van der Waals surface area contributed by atoms with Crippen LogP contribution in [0.2, 0.25) is 0 Å². The first-order chi connectivity index (χ1) is 20.0. The summed E-state index contributed by atoms with van der Waals surface area (Å²) in [7, 11) is 2.03. The molecule has 0 unspecified atom stereocenters. The summed E-state index contributed by atoms with van der Waals surface area (Å²) in [6.45, 7) is 7.41. The number of aliphatic carboxylic acids is 1. The highest BCUT2D eigenvalue weighted by molar-refractivity contribution is 5.68. The fourth-order valence-electron chi connectivity index (χ4n) is 8.42. The summed E-state index contributed by atoms with van der Waals surface area (Å²) in [5.41, 5.74) is -1.55. The molecule has 9 nitrogen and oxygen atoms in total. The lowest BCUT2D eigenvalue weighted by Gasteiger charge is -2.49. The van der Waals surface area contributed by atoms with E-state index in [4.69, 9.17) is 0 Å². The van der Waals surface area contributed by atoms with E-state index < -0.39 is 11.6 Å². The van der Waals surface area contributed by atoms with Crippen molar-refractivity contribution < 1.29 is 25.2 Å². The fourth-order valence-corrected chi connectivity index (χ4v) is 8.42. The van der Waals surface area contributed by atoms with Gasteiger partial charge in [0.1, 0.15) is 0 Å². The summed E-state index contributed by atoms with van der Waals surface area (Å²) < 4.78 is 0. The summed E-state index contributed by atoms with van der Waals surface area (Å²) in [4.78, 5) is 14.2. The largest absolute Gasteiger partial charge is 0.481 e. The second-order valence-corrected chi connectivity index (χ2v) is 14.5. The molecule has 240 valence electrons. The maximum Gasteiger partial charge on any atom is 0.306 e. The van der Waals surface area contributed by atoms with Crippen LogP contribution in [0.5, 0.6) is 0 Å². The maximum atomic E-state index is 11.7. The molecule has 4 heterocycles. The number of carboxylic acids is 1. The van der Waals surface area contributed by atoms with Gasteiger partial charge in [-0.3, -0.25) is 9.69 Å². The number of carboxylic acid groups (broad SMARTS) is 1. The third-order valence-corrected chi connectivity index (χ3v) is 11.1. The van der Waals surface area contributed by atoms with Crippen LogP contribution in [-0.4, -0.2) is 106 Å². The molecule has 0 aromatic carbocycles. The van der Waals surface area contributed by atoms with E-state index in [1.165, 1.54) is 0 Å². The standard InChI is InChI=1S/C33H58N4O5/c1-23-30(39)8-7-29-17-26(10-14-37(23)29)27(20-34-3)16-24-5-4-6-28-18-32(2,12-13-35-28)36-22-33(42,19-31(40)41)11-9-25(15-24)21-38/h23-30,34-36,38-39,42H,6-22H2,1-3H3,(H,40,41)/t23-,24+,25-,26-,27-,28+,29-,30+,32-,33+/m0/s1. The van der Waals surface area contributed by atoms with Crippen molar-refractivity contribution in [2.45, 2.75) is 126 Å². The Bertz CT molecular complexity index is 941. The molecule has 9 heteroatoms. The van der Waals surface area contributed by atoms with Crippen molar-refractivity contribution >= 4 is 5.97 Å². The van der Waals surface area contributed by atoms with Crippen molar-refractivity contribution in [2.24, 2.45) is 23.7 Å². The third kappa shape index (κ3) is 9.13. The Balaban J connectivity index is 1.52. The van der Waals surface area contributed by atoms with E-state index in [1.54, 1.807) is 0 Å². The van der Waals surface area contributed by atoms with Gasteiger partial charge in [0.25, 0.3) is 0 Å². The quantitative estimate of drug-likeness (QED) is 0.212. The predicted octanol–water partition coefficient (Wildman–Crippen LogP) is 1.94. The number of nitrogens with one attached hydrogen (secondary N) is 3. The Morgan fingerprint density at radius 1 is 1.19 bits per heavy atom. The van der Waals surface area contributed by atoms with Crippen LogP contribution in [0.1, 0.15) is 90.9 Å². The van der Waals surface area contributed by atoms with Crippen LogP contribution in [0.25, 0.3) is 0 Å². The Morgan fingerprint density at radius 2 is 2.00 bits per heavy atom. The Labute approximate surface area is 253 Å². The van der Waals surface area contributed by atoms with Gasteiger partial charge in [-0.2, -0.15) is 0 Å². The second-order valence-electron chi connectivity index (χ2n) is 14.5. The number of aliphatic hydroxyl groups excluding tert-OH is 2. The molecule has 4 rings (SSSR count). The van der Waals surface area contributed by atoms with Crippen molar-refractivity contribution in [2.75, 3.05) is 39.8 Å². The highest BCUT2D eigenvalue weighted by Gasteiger charge is 2.41. The summed E-state index contributed by atoms with van der Waals surface area (Å²) in [6.07, 6.45) is 8.87. The Kier molecular flexibility index (Phi) is 12.1. The summed E-state index contributed by atoms with van der Waals surface area (Å²) in [5, 5.41) is 52.5. The second kappa shape index (κ2) is 15.2. The van der Waals surface area contributed by atoms with Crippen LogP contribution in [0.4, 0.5) is 0 Å². The van der Waals surface area contributed by atoms with Gasteiger partial charge in [0.05, 0.1) is 18.1 Å². The molecular weight excluding hydrogens is 532 g/mol. The number of fused-ring (bicyclic) bond motifs is 3. The highest BCUT2D eigenvalue weighted by atomic mass is 16.4. The molecule has 0 saturated carbocycles. The van der Waals surface area contributed by atoms with Crippen molar-refractivity contribution in [1.82, 2.24) is 20.9 Å². The Morgan fingerprint density at radius 3 is 2.74 bits per heavy atom.